The maximum atomic E-state index is 6.01. The van der Waals surface area contributed by atoms with Crippen molar-refractivity contribution >= 4 is 11.3 Å². The Balaban J connectivity index is 1.77. The van der Waals surface area contributed by atoms with E-state index >= 15 is 0 Å². The molecule has 0 saturated heterocycles. The zero-order valence-electron chi connectivity index (χ0n) is 9.41. The van der Waals surface area contributed by atoms with Crippen molar-refractivity contribution in [2.75, 3.05) is 0 Å². The summed E-state index contributed by atoms with van der Waals surface area (Å²) >= 11 is 1.59. The van der Waals surface area contributed by atoms with Crippen LogP contribution in [0.15, 0.2) is 33.9 Å². The fourth-order valence-corrected chi connectivity index (χ4v) is 2.25. The third-order valence-electron chi connectivity index (χ3n) is 2.53. The number of aromatic amines is 1. The van der Waals surface area contributed by atoms with Crippen LogP contribution in [0.1, 0.15) is 17.6 Å². The Morgan fingerprint density at radius 2 is 2.44 bits per heavy atom. The zero-order chi connectivity index (χ0) is 12.4. The van der Waals surface area contributed by atoms with Crippen LogP contribution in [0.2, 0.25) is 0 Å². The predicted octanol–water partition coefficient (Wildman–Crippen LogP) is 1.76. The average molecular weight is 261 g/mol. The van der Waals surface area contributed by atoms with Crippen molar-refractivity contribution in [1.82, 2.24) is 20.1 Å². The van der Waals surface area contributed by atoms with E-state index in [2.05, 4.69) is 20.1 Å². The van der Waals surface area contributed by atoms with Gasteiger partial charge in [0.2, 0.25) is 11.7 Å². The molecule has 0 bridgehead atoms. The Kier molecular flexibility index (Phi) is 2.91. The molecule has 18 heavy (non-hydrogen) atoms. The van der Waals surface area contributed by atoms with Gasteiger partial charge in [0.05, 0.1) is 12.4 Å². The lowest BCUT2D eigenvalue weighted by atomic mass is 10.2. The second-order valence-electron chi connectivity index (χ2n) is 3.86. The highest BCUT2D eigenvalue weighted by molar-refractivity contribution is 7.08. The highest BCUT2D eigenvalue weighted by Crippen LogP contribution is 2.21. The molecule has 0 amide bonds. The second-order valence-corrected chi connectivity index (χ2v) is 4.64. The summed E-state index contributed by atoms with van der Waals surface area (Å²) in [4.78, 5) is 11.2. The molecule has 0 aliphatic heterocycles. The van der Waals surface area contributed by atoms with E-state index in [0.29, 0.717) is 18.1 Å². The number of hydrogen-bond acceptors (Lipinski definition) is 6. The van der Waals surface area contributed by atoms with E-state index in [4.69, 9.17) is 10.3 Å². The maximum absolute atomic E-state index is 6.01. The minimum Gasteiger partial charge on any atom is -0.348 e. The molecule has 1 atom stereocenters. The zero-order valence-corrected chi connectivity index (χ0v) is 10.2. The molecule has 0 aliphatic rings. The minimum atomic E-state index is -0.328. The van der Waals surface area contributed by atoms with Gasteiger partial charge in [-0.3, -0.25) is 0 Å². The molecule has 0 aliphatic carbocycles. The molecule has 0 saturated carbocycles. The fourth-order valence-electron chi connectivity index (χ4n) is 1.62. The van der Waals surface area contributed by atoms with Crippen LogP contribution in [0.3, 0.4) is 0 Å². The third kappa shape index (κ3) is 2.18. The fraction of sp³-hybridized carbons (Fsp3) is 0.182. The van der Waals surface area contributed by atoms with Crippen LogP contribution in [-0.4, -0.2) is 20.1 Å². The SMILES string of the molecule is NC(Cc1cnc[nH]1)c1nc(-c2ccsc2)no1. The summed E-state index contributed by atoms with van der Waals surface area (Å²) in [5.74, 6) is 1.01. The van der Waals surface area contributed by atoms with E-state index in [1.54, 1.807) is 23.9 Å². The van der Waals surface area contributed by atoms with Crippen molar-refractivity contribution < 1.29 is 4.52 Å². The van der Waals surface area contributed by atoms with Crippen LogP contribution in [0.5, 0.6) is 0 Å². The van der Waals surface area contributed by atoms with Crippen LogP contribution < -0.4 is 5.73 Å². The first-order valence-corrected chi connectivity index (χ1v) is 6.36. The molecule has 3 aromatic rings. The van der Waals surface area contributed by atoms with Gasteiger partial charge in [-0.05, 0) is 11.4 Å². The first-order valence-electron chi connectivity index (χ1n) is 5.42. The summed E-state index contributed by atoms with van der Waals surface area (Å²) in [5.41, 5.74) is 7.90. The smallest absolute Gasteiger partial charge is 0.244 e. The Labute approximate surface area is 107 Å². The van der Waals surface area contributed by atoms with Crippen molar-refractivity contribution in [2.45, 2.75) is 12.5 Å². The lowest BCUT2D eigenvalue weighted by Gasteiger charge is -2.03. The molecule has 6 nitrogen and oxygen atoms in total. The monoisotopic (exact) mass is 261 g/mol. The number of imidazole rings is 1. The van der Waals surface area contributed by atoms with Gasteiger partial charge in [-0.15, -0.1) is 0 Å². The summed E-state index contributed by atoms with van der Waals surface area (Å²) in [5, 5.41) is 7.86. The summed E-state index contributed by atoms with van der Waals surface area (Å²) in [6.45, 7) is 0. The Hall–Kier alpha value is -1.99. The number of hydrogen-bond donors (Lipinski definition) is 2. The van der Waals surface area contributed by atoms with Crippen LogP contribution in [0, 0.1) is 0 Å². The summed E-state index contributed by atoms with van der Waals surface area (Å²) in [6.07, 6.45) is 3.94. The van der Waals surface area contributed by atoms with Gasteiger partial charge in [-0.25, -0.2) is 4.98 Å². The average Bonchev–Trinajstić information content (AvgIpc) is 3.11. The highest BCUT2D eigenvalue weighted by Gasteiger charge is 2.16. The topological polar surface area (TPSA) is 93.6 Å². The quantitative estimate of drug-likeness (QED) is 0.746. The summed E-state index contributed by atoms with van der Waals surface area (Å²) in [6, 6.07) is 1.62. The number of rotatable bonds is 4. The van der Waals surface area contributed by atoms with E-state index in [-0.39, 0.29) is 6.04 Å². The molecule has 0 spiro atoms. The molecule has 0 fully saturated rings. The van der Waals surface area contributed by atoms with Crippen molar-refractivity contribution in [1.29, 1.82) is 0 Å². The van der Waals surface area contributed by atoms with Gasteiger partial charge < -0.3 is 15.2 Å². The lowest BCUT2D eigenvalue weighted by Crippen LogP contribution is -2.13. The molecule has 3 N–H and O–H groups in total. The van der Waals surface area contributed by atoms with Crippen molar-refractivity contribution in [3.8, 4) is 11.4 Å². The Bertz CT molecular complexity index is 601. The van der Waals surface area contributed by atoms with Gasteiger partial charge >= 0.3 is 0 Å². The van der Waals surface area contributed by atoms with E-state index in [9.17, 15) is 0 Å². The van der Waals surface area contributed by atoms with E-state index < -0.39 is 0 Å². The molecule has 3 rings (SSSR count). The largest absolute Gasteiger partial charge is 0.348 e. The number of H-pyrrole nitrogens is 1. The van der Waals surface area contributed by atoms with Crippen molar-refractivity contribution in [3.05, 3.63) is 40.9 Å². The standard InChI is InChI=1S/C11H11N5OS/c12-9(3-8-4-13-6-14-8)11-15-10(16-17-11)7-1-2-18-5-7/h1-2,4-6,9H,3,12H2,(H,13,14). The van der Waals surface area contributed by atoms with Gasteiger partial charge in [-0.2, -0.15) is 16.3 Å². The number of nitrogens with one attached hydrogen (secondary N) is 1. The Morgan fingerprint density at radius 1 is 1.50 bits per heavy atom. The van der Waals surface area contributed by atoms with Crippen molar-refractivity contribution in [3.63, 3.8) is 0 Å². The first kappa shape index (κ1) is 11.1. The van der Waals surface area contributed by atoms with E-state index in [1.165, 1.54) is 0 Å². The first-order chi connectivity index (χ1) is 8.83. The molecule has 0 radical (unpaired) electrons. The molecule has 3 heterocycles. The van der Waals surface area contributed by atoms with Gasteiger partial charge in [0.25, 0.3) is 0 Å². The van der Waals surface area contributed by atoms with Crippen molar-refractivity contribution in [2.24, 2.45) is 5.73 Å². The predicted molar refractivity (Wildman–Crippen MR) is 66.8 cm³/mol. The molecule has 3 aromatic heterocycles. The van der Waals surface area contributed by atoms with Gasteiger partial charge in [-0.1, -0.05) is 5.16 Å². The summed E-state index contributed by atoms with van der Waals surface area (Å²) in [7, 11) is 0. The van der Waals surface area contributed by atoms with Crippen LogP contribution in [0.25, 0.3) is 11.4 Å². The normalized spacial score (nSPS) is 12.7. The highest BCUT2D eigenvalue weighted by atomic mass is 32.1. The lowest BCUT2D eigenvalue weighted by molar-refractivity contribution is 0.354. The minimum absolute atomic E-state index is 0.328. The van der Waals surface area contributed by atoms with Gasteiger partial charge in [0.1, 0.15) is 0 Å². The number of thiophene rings is 1. The van der Waals surface area contributed by atoms with Crippen LogP contribution in [-0.2, 0) is 6.42 Å². The number of aromatic nitrogens is 4. The molecule has 92 valence electrons. The van der Waals surface area contributed by atoms with Crippen LogP contribution in [0.4, 0.5) is 0 Å². The van der Waals surface area contributed by atoms with Crippen LogP contribution >= 0.6 is 11.3 Å². The summed E-state index contributed by atoms with van der Waals surface area (Å²) < 4.78 is 5.18. The molecular weight excluding hydrogens is 250 g/mol. The Morgan fingerprint density at radius 3 is 3.17 bits per heavy atom. The molecule has 7 heteroatoms. The molecule has 0 aromatic carbocycles. The second kappa shape index (κ2) is 4.71. The number of nitrogens with zero attached hydrogens (tertiary/aromatic N) is 3. The molecule has 1 unspecified atom stereocenters. The number of nitrogens with two attached hydrogens (primary N) is 1. The van der Waals surface area contributed by atoms with Gasteiger partial charge in [0, 0.05) is 29.3 Å². The van der Waals surface area contributed by atoms with E-state index in [0.717, 1.165) is 11.3 Å². The molecular formula is C11H11N5OS. The maximum Gasteiger partial charge on any atom is 0.244 e. The third-order valence-corrected chi connectivity index (χ3v) is 3.22. The van der Waals surface area contributed by atoms with E-state index in [1.807, 2.05) is 16.8 Å². The van der Waals surface area contributed by atoms with Gasteiger partial charge in [0.15, 0.2) is 0 Å².